The molecule has 0 radical (unpaired) electrons. The summed E-state index contributed by atoms with van der Waals surface area (Å²) < 4.78 is 28.4. The van der Waals surface area contributed by atoms with Crippen LogP contribution in [0.15, 0.2) is 83.8 Å². The molecule has 2 amide bonds. The highest BCUT2D eigenvalue weighted by Gasteiger charge is 2.33. The van der Waals surface area contributed by atoms with E-state index in [1.54, 1.807) is 67.6 Å². The van der Waals surface area contributed by atoms with E-state index < -0.39 is 28.5 Å². The molecular weight excluding hydrogens is 533 g/mol. The molecule has 10 heteroatoms. The first-order chi connectivity index (χ1) is 17.5. The van der Waals surface area contributed by atoms with Crippen LogP contribution in [0.25, 0.3) is 0 Å². The highest BCUT2D eigenvalue weighted by Crippen LogP contribution is 2.27. The number of sulfonamides is 1. The summed E-state index contributed by atoms with van der Waals surface area (Å²) in [6.45, 7) is 4.69. The lowest BCUT2D eigenvalue weighted by atomic mass is 10.1. The first-order valence-electron chi connectivity index (χ1n) is 11.7. The summed E-state index contributed by atoms with van der Waals surface area (Å²) in [5.74, 6) is -0.943. The highest BCUT2D eigenvalue weighted by atomic mass is 35.5. The molecule has 0 bridgehead atoms. The summed E-state index contributed by atoms with van der Waals surface area (Å²) in [5.41, 5.74) is 0.851. The first-order valence-corrected chi connectivity index (χ1v) is 13.9. The Labute approximate surface area is 228 Å². The lowest BCUT2D eigenvalue weighted by molar-refractivity contribution is -0.139. The molecule has 0 spiro atoms. The largest absolute Gasteiger partial charge is 0.352 e. The molecule has 0 saturated heterocycles. The van der Waals surface area contributed by atoms with Crippen molar-refractivity contribution in [1.82, 2.24) is 10.2 Å². The van der Waals surface area contributed by atoms with Crippen molar-refractivity contribution in [3.8, 4) is 0 Å². The third kappa shape index (κ3) is 7.25. The summed E-state index contributed by atoms with van der Waals surface area (Å²) in [5, 5.41) is 3.56. The predicted octanol–water partition coefficient (Wildman–Crippen LogP) is 5.13. The van der Waals surface area contributed by atoms with Gasteiger partial charge in [0.25, 0.3) is 10.0 Å². The number of anilines is 1. The van der Waals surface area contributed by atoms with Gasteiger partial charge in [-0.1, -0.05) is 65.7 Å². The zero-order valence-electron chi connectivity index (χ0n) is 20.8. The first kappa shape index (κ1) is 28.5. The number of rotatable bonds is 10. The van der Waals surface area contributed by atoms with Crippen LogP contribution in [0, 0.1) is 0 Å². The van der Waals surface area contributed by atoms with E-state index in [0.717, 1.165) is 4.31 Å². The van der Waals surface area contributed by atoms with Crippen LogP contribution in [0.4, 0.5) is 5.69 Å². The predicted molar refractivity (Wildman–Crippen MR) is 147 cm³/mol. The third-order valence-electron chi connectivity index (χ3n) is 5.60. The van der Waals surface area contributed by atoms with Gasteiger partial charge in [0.2, 0.25) is 11.8 Å². The molecule has 3 rings (SSSR count). The quantitative estimate of drug-likeness (QED) is 0.371. The molecule has 0 aliphatic heterocycles. The Morgan fingerprint density at radius 3 is 2.16 bits per heavy atom. The van der Waals surface area contributed by atoms with Crippen LogP contribution in [0.3, 0.4) is 0 Å². The van der Waals surface area contributed by atoms with Crippen molar-refractivity contribution in [2.75, 3.05) is 10.8 Å². The second-order valence-electron chi connectivity index (χ2n) is 8.76. The van der Waals surface area contributed by atoms with Gasteiger partial charge in [-0.05, 0) is 62.7 Å². The minimum Gasteiger partial charge on any atom is -0.352 e. The standard InChI is InChI=1S/C27H29Cl2N3O4S/c1-19(2)30-27(34)20(3)31(17-21-10-7-8-15-25(21)29)26(33)18-32(23-12-9-11-22(28)16-23)37(35,36)24-13-5-4-6-14-24/h4-16,19-20H,17-18H2,1-3H3,(H,30,34)/t20-/m1/s1. The van der Waals surface area contributed by atoms with E-state index in [9.17, 15) is 18.0 Å². The van der Waals surface area contributed by atoms with E-state index in [1.807, 2.05) is 13.8 Å². The number of carbonyl (C=O) groups excluding carboxylic acids is 2. The molecule has 3 aromatic carbocycles. The maximum Gasteiger partial charge on any atom is 0.264 e. The van der Waals surface area contributed by atoms with E-state index in [-0.39, 0.29) is 29.1 Å². The topological polar surface area (TPSA) is 86.8 Å². The SMILES string of the molecule is CC(C)NC(=O)[C@@H](C)N(Cc1ccccc1Cl)C(=O)CN(c1cccc(Cl)c1)S(=O)(=O)c1ccccc1. The van der Waals surface area contributed by atoms with Gasteiger partial charge in [-0.2, -0.15) is 0 Å². The normalized spacial score (nSPS) is 12.2. The summed E-state index contributed by atoms with van der Waals surface area (Å²) in [7, 11) is -4.14. The minimum atomic E-state index is -4.14. The van der Waals surface area contributed by atoms with Gasteiger partial charge in [-0.15, -0.1) is 0 Å². The van der Waals surface area contributed by atoms with Gasteiger partial charge < -0.3 is 10.2 Å². The maximum absolute atomic E-state index is 13.8. The van der Waals surface area contributed by atoms with Crippen LogP contribution in [0.5, 0.6) is 0 Å². The zero-order valence-corrected chi connectivity index (χ0v) is 23.1. The fourth-order valence-corrected chi connectivity index (χ4v) is 5.48. The van der Waals surface area contributed by atoms with Gasteiger partial charge in [0.15, 0.2) is 0 Å². The van der Waals surface area contributed by atoms with Gasteiger partial charge >= 0.3 is 0 Å². The fourth-order valence-electron chi connectivity index (χ4n) is 3.68. The molecule has 1 N–H and O–H groups in total. The molecule has 0 heterocycles. The summed E-state index contributed by atoms with van der Waals surface area (Å²) in [6.07, 6.45) is 0. The van der Waals surface area contributed by atoms with Crippen molar-refractivity contribution in [2.24, 2.45) is 0 Å². The molecule has 196 valence electrons. The van der Waals surface area contributed by atoms with E-state index in [1.165, 1.54) is 23.1 Å². The van der Waals surface area contributed by atoms with Gasteiger partial charge in [-0.3, -0.25) is 13.9 Å². The molecule has 37 heavy (non-hydrogen) atoms. The van der Waals surface area contributed by atoms with Crippen molar-refractivity contribution < 1.29 is 18.0 Å². The van der Waals surface area contributed by atoms with E-state index >= 15 is 0 Å². The number of halogens is 2. The van der Waals surface area contributed by atoms with Crippen molar-refractivity contribution in [1.29, 1.82) is 0 Å². The van der Waals surface area contributed by atoms with Gasteiger partial charge in [-0.25, -0.2) is 8.42 Å². The van der Waals surface area contributed by atoms with Crippen LogP contribution in [-0.4, -0.2) is 43.8 Å². The van der Waals surface area contributed by atoms with Crippen molar-refractivity contribution in [2.45, 2.75) is 44.3 Å². The molecule has 0 aromatic heterocycles. The minimum absolute atomic E-state index is 0.0138. The fraction of sp³-hybridized carbons (Fsp3) is 0.259. The number of nitrogens with one attached hydrogen (secondary N) is 1. The lowest BCUT2D eigenvalue weighted by Gasteiger charge is -2.32. The van der Waals surface area contributed by atoms with Crippen LogP contribution < -0.4 is 9.62 Å². The van der Waals surface area contributed by atoms with Crippen LogP contribution in [0.1, 0.15) is 26.3 Å². The second-order valence-corrected chi connectivity index (χ2v) is 11.5. The van der Waals surface area contributed by atoms with Gasteiger partial charge in [0.1, 0.15) is 12.6 Å². The van der Waals surface area contributed by atoms with Crippen molar-refractivity contribution in [3.05, 3.63) is 94.5 Å². The lowest BCUT2D eigenvalue weighted by Crippen LogP contribution is -2.52. The Balaban J connectivity index is 2.03. The van der Waals surface area contributed by atoms with Crippen LogP contribution in [-0.2, 0) is 26.2 Å². The van der Waals surface area contributed by atoms with E-state index in [2.05, 4.69) is 5.32 Å². The molecule has 1 atom stereocenters. The van der Waals surface area contributed by atoms with Crippen LogP contribution >= 0.6 is 23.2 Å². The summed E-state index contributed by atoms with van der Waals surface area (Å²) in [4.78, 5) is 28.1. The Kier molecular flexibility index (Phi) is 9.59. The average Bonchev–Trinajstić information content (AvgIpc) is 2.86. The number of carbonyl (C=O) groups is 2. The Morgan fingerprint density at radius 2 is 1.54 bits per heavy atom. The highest BCUT2D eigenvalue weighted by molar-refractivity contribution is 7.92. The van der Waals surface area contributed by atoms with Crippen molar-refractivity contribution in [3.63, 3.8) is 0 Å². The third-order valence-corrected chi connectivity index (χ3v) is 7.99. The summed E-state index contributed by atoms with van der Waals surface area (Å²) in [6, 6.07) is 20.0. The molecule has 0 fully saturated rings. The Morgan fingerprint density at radius 1 is 0.892 bits per heavy atom. The molecule has 0 aliphatic rings. The Hall–Kier alpha value is -3.07. The van der Waals surface area contributed by atoms with Gasteiger partial charge in [0, 0.05) is 22.6 Å². The number of benzene rings is 3. The van der Waals surface area contributed by atoms with E-state index in [0.29, 0.717) is 15.6 Å². The molecule has 7 nitrogen and oxygen atoms in total. The monoisotopic (exact) mass is 561 g/mol. The van der Waals surface area contributed by atoms with Crippen LogP contribution in [0.2, 0.25) is 10.0 Å². The molecule has 0 aliphatic carbocycles. The maximum atomic E-state index is 13.8. The molecule has 0 unspecified atom stereocenters. The molecule has 0 saturated carbocycles. The number of hydrogen-bond donors (Lipinski definition) is 1. The van der Waals surface area contributed by atoms with Gasteiger partial charge in [0.05, 0.1) is 10.6 Å². The number of amides is 2. The summed E-state index contributed by atoms with van der Waals surface area (Å²) >= 11 is 12.5. The Bertz CT molecular complexity index is 1350. The number of hydrogen-bond acceptors (Lipinski definition) is 4. The number of nitrogens with zero attached hydrogens (tertiary/aromatic N) is 2. The smallest absolute Gasteiger partial charge is 0.264 e. The average molecular weight is 563 g/mol. The molecular formula is C27H29Cl2N3O4S. The molecule has 3 aromatic rings. The zero-order chi connectivity index (χ0) is 27.2. The second kappa shape index (κ2) is 12.4. The van der Waals surface area contributed by atoms with Crippen molar-refractivity contribution >= 4 is 50.7 Å². The van der Waals surface area contributed by atoms with E-state index in [4.69, 9.17) is 23.2 Å².